The number of phosphoric ester groups is 2. The molecule has 0 heterocycles. The van der Waals surface area contributed by atoms with Gasteiger partial charge >= 0.3 is 39.5 Å². The van der Waals surface area contributed by atoms with E-state index in [0.717, 1.165) is 114 Å². The Labute approximate surface area is 549 Å². The zero-order chi connectivity index (χ0) is 66.8. The van der Waals surface area contributed by atoms with Crippen LogP contribution in [0.1, 0.15) is 351 Å². The second-order valence-corrected chi connectivity index (χ2v) is 30.0. The highest BCUT2D eigenvalue weighted by Crippen LogP contribution is 2.45. The average molecular weight is 1330 g/mol. The van der Waals surface area contributed by atoms with Gasteiger partial charge in [0.05, 0.1) is 26.4 Å². The number of hydrogen-bond acceptors (Lipinski definition) is 15. The summed E-state index contributed by atoms with van der Waals surface area (Å²) in [4.78, 5) is 72.6. The highest BCUT2D eigenvalue weighted by atomic mass is 31.2. The van der Waals surface area contributed by atoms with E-state index in [4.69, 9.17) is 37.0 Å². The van der Waals surface area contributed by atoms with Gasteiger partial charge in [-0.25, -0.2) is 9.13 Å². The number of unbranched alkanes of at least 4 members (excludes halogenated alkanes) is 32. The van der Waals surface area contributed by atoms with Crippen LogP contribution < -0.4 is 0 Å². The van der Waals surface area contributed by atoms with Gasteiger partial charge in [0.15, 0.2) is 12.2 Å². The van der Waals surface area contributed by atoms with Gasteiger partial charge in [0.1, 0.15) is 19.3 Å². The molecule has 0 spiro atoms. The minimum absolute atomic E-state index is 0.105. The molecule has 17 nitrogen and oxygen atoms in total. The van der Waals surface area contributed by atoms with Crippen molar-refractivity contribution < 1.29 is 80.2 Å². The molecule has 19 heteroatoms. The van der Waals surface area contributed by atoms with Crippen molar-refractivity contribution >= 4 is 39.5 Å². The molecule has 0 bridgehead atoms. The fourth-order valence-corrected chi connectivity index (χ4v) is 12.2. The topological polar surface area (TPSA) is 237 Å². The van der Waals surface area contributed by atoms with E-state index >= 15 is 0 Å². The van der Waals surface area contributed by atoms with E-state index in [0.29, 0.717) is 31.6 Å². The van der Waals surface area contributed by atoms with E-state index in [-0.39, 0.29) is 25.7 Å². The SMILES string of the molecule is CCC(C)CCCCCCCCCCCCC(=O)O[C@H](COC(=O)CCCCCCCCCCC(C)CC)COP(=O)(O)OC[C@@H](O)COP(=O)(O)OC[C@@H](COC(=O)CCCCCCCCC(C)C)OC(=O)CCCCCCCCCCCCCCC(C)C. The molecule has 90 heavy (non-hydrogen) atoms. The maximum Gasteiger partial charge on any atom is 0.472 e. The Bertz CT molecular complexity index is 1790. The molecule has 0 aliphatic heterocycles. The van der Waals surface area contributed by atoms with Crippen molar-refractivity contribution in [1.29, 1.82) is 0 Å². The minimum atomic E-state index is -4.95. The van der Waals surface area contributed by atoms with Gasteiger partial charge in [0.25, 0.3) is 0 Å². The summed E-state index contributed by atoms with van der Waals surface area (Å²) in [5.74, 6) is 0.907. The van der Waals surface area contributed by atoms with Gasteiger partial charge in [0, 0.05) is 25.7 Å². The molecule has 0 aromatic rings. The van der Waals surface area contributed by atoms with Crippen molar-refractivity contribution in [2.45, 2.75) is 369 Å². The first kappa shape index (κ1) is 88.1. The molecule has 0 fully saturated rings. The predicted molar refractivity (Wildman–Crippen MR) is 363 cm³/mol. The molecule has 4 unspecified atom stereocenters. The summed E-state index contributed by atoms with van der Waals surface area (Å²) in [6.07, 6.45) is 43.0. The molecule has 0 radical (unpaired) electrons. The van der Waals surface area contributed by atoms with Crippen LogP contribution in [-0.2, 0) is 65.4 Å². The zero-order valence-corrected chi connectivity index (χ0v) is 60.6. The van der Waals surface area contributed by atoms with Gasteiger partial charge in [-0.1, -0.05) is 299 Å². The Morgan fingerprint density at radius 2 is 0.533 bits per heavy atom. The summed E-state index contributed by atoms with van der Waals surface area (Å²) in [6.45, 7) is 14.1. The van der Waals surface area contributed by atoms with Crippen LogP contribution in [0.25, 0.3) is 0 Å². The molecule has 7 atom stereocenters. The lowest BCUT2D eigenvalue weighted by molar-refractivity contribution is -0.161. The van der Waals surface area contributed by atoms with Gasteiger partial charge < -0.3 is 33.8 Å². The lowest BCUT2D eigenvalue weighted by atomic mass is 9.99. The third-order valence-electron chi connectivity index (χ3n) is 17.0. The highest BCUT2D eigenvalue weighted by Gasteiger charge is 2.30. The Kier molecular flexibility index (Phi) is 59.4. The third-order valence-corrected chi connectivity index (χ3v) is 18.9. The lowest BCUT2D eigenvalue weighted by Crippen LogP contribution is -2.30. The first-order valence-electron chi connectivity index (χ1n) is 36.8. The molecule has 0 saturated heterocycles. The number of aliphatic hydroxyl groups is 1. The van der Waals surface area contributed by atoms with Crippen molar-refractivity contribution in [2.75, 3.05) is 39.6 Å². The predicted octanol–water partition coefficient (Wildman–Crippen LogP) is 20.1. The number of carbonyl (C=O) groups is 4. The first-order chi connectivity index (χ1) is 43.2. The molecule has 3 N–H and O–H groups in total. The second-order valence-electron chi connectivity index (χ2n) is 27.1. The average Bonchev–Trinajstić information content (AvgIpc) is 3.71. The number of phosphoric acid groups is 2. The van der Waals surface area contributed by atoms with Crippen molar-refractivity contribution in [3.63, 3.8) is 0 Å². The molecule has 0 aromatic heterocycles. The molecule has 0 aliphatic rings. The molecule has 534 valence electrons. The third kappa shape index (κ3) is 62.2. The molecule has 0 aromatic carbocycles. The molecular formula is C71H138O17P2. The smallest absolute Gasteiger partial charge is 0.462 e. The monoisotopic (exact) mass is 1320 g/mol. The van der Waals surface area contributed by atoms with Gasteiger partial charge in [-0.2, -0.15) is 0 Å². The summed E-state index contributed by atoms with van der Waals surface area (Å²) in [5, 5.41) is 10.6. The Morgan fingerprint density at radius 1 is 0.311 bits per heavy atom. The van der Waals surface area contributed by atoms with Crippen LogP contribution in [-0.4, -0.2) is 96.7 Å². The maximum absolute atomic E-state index is 13.0. The minimum Gasteiger partial charge on any atom is -0.462 e. The van der Waals surface area contributed by atoms with Crippen LogP contribution in [0.4, 0.5) is 0 Å². The van der Waals surface area contributed by atoms with Crippen LogP contribution in [0, 0.1) is 23.7 Å². The summed E-state index contributed by atoms with van der Waals surface area (Å²) in [5.41, 5.74) is 0. The Hall–Kier alpha value is -1.94. The van der Waals surface area contributed by atoms with Crippen molar-refractivity contribution in [3.8, 4) is 0 Å². The van der Waals surface area contributed by atoms with E-state index < -0.39 is 97.5 Å². The largest absolute Gasteiger partial charge is 0.472 e. The van der Waals surface area contributed by atoms with E-state index in [1.165, 1.54) is 148 Å². The van der Waals surface area contributed by atoms with E-state index in [2.05, 4.69) is 55.4 Å². The van der Waals surface area contributed by atoms with Gasteiger partial charge in [0.2, 0.25) is 0 Å². The Balaban J connectivity index is 5.26. The fraction of sp³-hybridized carbons (Fsp3) is 0.944. The van der Waals surface area contributed by atoms with Crippen molar-refractivity contribution in [3.05, 3.63) is 0 Å². The fourth-order valence-electron chi connectivity index (χ4n) is 10.6. The Morgan fingerprint density at radius 3 is 0.789 bits per heavy atom. The number of ether oxygens (including phenoxy) is 4. The molecule has 0 saturated carbocycles. The van der Waals surface area contributed by atoms with Gasteiger partial charge in [-0.3, -0.25) is 37.3 Å². The second kappa shape index (κ2) is 60.7. The van der Waals surface area contributed by atoms with Crippen LogP contribution in [0.2, 0.25) is 0 Å². The highest BCUT2D eigenvalue weighted by molar-refractivity contribution is 7.47. The maximum atomic E-state index is 13.0. The summed E-state index contributed by atoms with van der Waals surface area (Å²) >= 11 is 0. The molecule has 0 rings (SSSR count). The van der Waals surface area contributed by atoms with Gasteiger partial charge in [-0.05, 0) is 49.4 Å². The number of carbonyl (C=O) groups excluding carboxylic acids is 4. The van der Waals surface area contributed by atoms with E-state index in [9.17, 15) is 43.2 Å². The standard InChI is InChI=1S/C71H138O17P2/c1-9-63(7)49-41-33-24-18-15-16-20-28-38-46-54-71(76)87-66(57-81-68(73)51-43-35-26-22-21-25-34-42-50-64(8)10-2)59-85-89(77,78)83-55-65(72)56-84-90(79,80)86-60-67(58-82-69(74)52-44-36-30-29-32-40-48-62(5)6)88-70(75)53-45-37-27-19-14-12-11-13-17-23-31-39-47-61(3)4/h61-67,72H,9-60H2,1-8H3,(H,77,78)(H,79,80)/t63?,64?,65-,66-,67-/m1/s1. The van der Waals surface area contributed by atoms with Crippen LogP contribution in [0.15, 0.2) is 0 Å². The zero-order valence-electron chi connectivity index (χ0n) is 58.8. The molecule has 0 aliphatic carbocycles. The van der Waals surface area contributed by atoms with E-state index in [1.54, 1.807) is 0 Å². The molecule has 0 amide bonds. The van der Waals surface area contributed by atoms with Crippen LogP contribution in [0.5, 0.6) is 0 Å². The van der Waals surface area contributed by atoms with Crippen LogP contribution in [0.3, 0.4) is 0 Å². The quantitative estimate of drug-likeness (QED) is 0.0222. The number of rotatable bonds is 68. The summed E-state index contributed by atoms with van der Waals surface area (Å²) < 4.78 is 68.3. The van der Waals surface area contributed by atoms with Gasteiger partial charge in [-0.15, -0.1) is 0 Å². The summed E-state index contributed by atoms with van der Waals surface area (Å²) in [7, 11) is -9.90. The van der Waals surface area contributed by atoms with E-state index in [1.807, 2.05) is 0 Å². The lowest BCUT2D eigenvalue weighted by Gasteiger charge is -2.21. The normalized spacial score (nSPS) is 14.9. The summed E-state index contributed by atoms with van der Waals surface area (Å²) in [6, 6.07) is 0. The number of esters is 4. The van der Waals surface area contributed by atoms with Crippen molar-refractivity contribution in [1.82, 2.24) is 0 Å². The number of aliphatic hydroxyl groups excluding tert-OH is 1. The number of hydrogen-bond donors (Lipinski definition) is 3. The van der Waals surface area contributed by atoms with Crippen LogP contribution >= 0.6 is 15.6 Å². The molecular weight excluding hydrogens is 1190 g/mol. The van der Waals surface area contributed by atoms with Crippen molar-refractivity contribution in [2.24, 2.45) is 23.7 Å². The first-order valence-corrected chi connectivity index (χ1v) is 39.8.